The maximum atomic E-state index is 12.4. The topological polar surface area (TPSA) is 55.8 Å². The molecule has 0 amide bonds. The van der Waals surface area contributed by atoms with E-state index < -0.39 is 5.97 Å². The van der Waals surface area contributed by atoms with Crippen molar-refractivity contribution < 1.29 is 19.1 Å². The van der Waals surface area contributed by atoms with Crippen LogP contribution < -0.4 is 9.64 Å². The molecule has 0 aromatic heterocycles. The van der Waals surface area contributed by atoms with E-state index in [9.17, 15) is 9.59 Å². The highest BCUT2D eigenvalue weighted by molar-refractivity contribution is 6.36. The van der Waals surface area contributed by atoms with Crippen molar-refractivity contribution in [2.24, 2.45) is 11.8 Å². The molecule has 0 radical (unpaired) electrons. The molecule has 1 saturated carbocycles. The van der Waals surface area contributed by atoms with Gasteiger partial charge in [-0.05, 0) is 73.3 Å². The van der Waals surface area contributed by atoms with E-state index in [0.717, 1.165) is 57.2 Å². The van der Waals surface area contributed by atoms with Gasteiger partial charge < -0.3 is 14.4 Å². The number of methoxy groups -OCH3 is 1. The minimum absolute atomic E-state index is 0.152. The number of halogens is 1. The second-order valence-electron chi connectivity index (χ2n) is 9.75. The number of aldehydes is 1. The molecule has 0 unspecified atom stereocenters. The van der Waals surface area contributed by atoms with Gasteiger partial charge in [0.25, 0.3) is 0 Å². The Morgan fingerprint density at radius 3 is 2.88 bits per heavy atom. The second-order valence-corrected chi connectivity index (χ2v) is 10.1. The second kappa shape index (κ2) is 9.46. The minimum atomic E-state index is -0.454. The predicted molar refractivity (Wildman–Crippen MR) is 133 cm³/mol. The van der Waals surface area contributed by atoms with Crippen LogP contribution in [-0.4, -0.2) is 39.1 Å². The van der Waals surface area contributed by atoms with Crippen LogP contribution in [-0.2, 0) is 21.4 Å². The van der Waals surface area contributed by atoms with Gasteiger partial charge in [0, 0.05) is 18.5 Å². The summed E-state index contributed by atoms with van der Waals surface area (Å²) in [7, 11) is 1.37. The number of aryl methyl sites for hydroxylation is 1. The zero-order chi connectivity index (χ0) is 23.7. The van der Waals surface area contributed by atoms with Crippen molar-refractivity contribution in [3.05, 3.63) is 70.3 Å². The molecule has 3 atom stereocenters. The van der Waals surface area contributed by atoms with E-state index in [2.05, 4.69) is 29.2 Å². The molecule has 1 spiro atoms. The lowest BCUT2D eigenvalue weighted by atomic mass is 9.69. The normalized spacial score (nSPS) is 25.6. The molecule has 0 saturated heterocycles. The Morgan fingerprint density at radius 1 is 1.26 bits per heavy atom. The number of fused-ring (bicyclic) bond motifs is 3. The van der Waals surface area contributed by atoms with Gasteiger partial charge in [0.1, 0.15) is 12.0 Å². The van der Waals surface area contributed by atoms with E-state index in [1.165, 1.54) is 18.2 Å². The minimum Gasteiger partial charge on any atom is -0.490 e. The first-order chi connectivity index (χ1) is 16.6. The van der Waals surface area contributed by atoms with Crippen LogP contribution in [0.15, 0.2) is 48.6 Å². The highest BCUT2D eigenvalue weighted by atomic mass is 35.5. The third kappa shape index (κ3) is 4.00. The molecule has 2 aliphatic carbocycles. The largest absolute Gasteiger partial charge is 0.490 e. The SMILES string of the molecule is COC(=O)c1ccc2c(c1Cl)N(C[C@@H]1CC[C@H]1/C=C/C=O)C[C@@]1(CCCc3ccccc31)CO2. The third-order valence-corrected chi connectivity index (χ3v) is 8.24. The molecule has 0 N–H and O–H groups in total. The number of carbonyl (C=O) groups excluding carboxylic acids is 2. The fourth-order valence-corrected chi connectivity index (χ4v) is 6.31. The number of esters is 1. The van der Waals surface area contributed by atoms with Gasteiger partial charge >= 0.3 is 5.97 Å². The summed E-state index contributed by atoms with van der Waals surface area (Å²) in [4.78, 5) is 25.6. The zero-order valence-corrected chi connectivity index (χ0v) is 20.2. The molecule has 178 valence electrons. The van der Waals surface area contributed by atoms with Crippen LogP contribution in [0, 0.1) is 11.8 Å². The third-order valence-electron chi connectivity index (χ3n) is 7.86. The van der Waals surface area contributed by atoms with E-state index in [-0.39, 0.29) is 5.41 Å². The van der Waals surface area contributed by atoms with Gasteiger partial charge in [-0.3, -0.25) is 4.79 Å². The number of hydrogen-bond acceptors (Lipinski definition) is 5. The summed E-state index contributed by atoms with van der Waals surface area (Å²) < 4.78 is 11.4. The maximum absolute atomic E-state index is 12.4. The Balaban J connectivity index is 1.57. The van der Waals surface area contributed by atoms with Crippen molar-refractivity contribution in [1.29, 1.82) is 0 Å². The van der Waals surface area contributed by atoms with Crippen molar-refractivity contribution in [3.63, 3.8) is 0 Å². The molecule has 3 aliphatic rings. The van der Waals surface area contributed by atoms with Crippen molar-refractivity contribution in [1.82, 2.24) is 0 Å². The van der Waals surface area contributed by atoms with Gasteiger partial charge in [-0.2, -0.15) is 0 Å². The van der Waals surface area contributed by atoms with Gasteiger partial charge in [0.2, 0.25) is 0 Å². The average molecular weight is 480 g/mol. The van der Waals surface area contributed by atoms with Gasteiger partial charge in [0.05, 0.1) is 30.0 Å². The fourth-order valence-electron chi connectivity index (χ4n) is 5.96. The molecule has 2 aromatic carbocycles. The van der Waals surface area contributed by atoms with Gasteiger partial charge in [-0.1, -0.05) is 41.9 Å². The fraction of sp³-hybridized carbons (Fsp3) is 0.429. The van der Waals surface area contributed by atoms with Gasteiger partial charge in [0.15, 0.2) is 0 Å². The van der Waals surface area contributed by atoms with Crippen LogP contribution in [0.1, 0.15) is 47.2 Å². The lowest BCUT2D eigenvalue weighted by Crippen LogP contribution is -2.48. The smallest absolute Gasteiger partial charge is 0.339 e. The highest BCUT2D eigenvalue weighted by Gasteiger charge is 2.43. The molecule has 1 fully saturated rings. The van der Waals surface area contributed by atoms with Crippen LogP contribution in [0.5, 0.6) is 5.75 Å². The Morgan fingerprint density at radius 2 is 2.12 bits per heavy atom. The number of carbonyl (C=O) groups is 2. The first-order valence-corrected chi connectivity index (χ1v) is 12.4. The summed E-state index contributed by atoms with van der Waals surface area (Å²) >= 11 is 6.88. The zero-order valence-electron chi connectivity index (χ0n) is 19.5. The monoisotopic (exact) mass is 479 g/mol. The van der Waals surface area contributed by atoms with Crippen molar-refractivity contribution in [2.75, 3.05) is 31.7 Å². The van der Waals surface area contributed by atoms with Crippen LogP contribution in [0.2, 0.25) is 5.02 Å². The first-order valence-electron chi connectivity index (χ1n) is 12.1. The summed E-state index contributed by atoms with van der Waals surface area (Å²) in [6.45, 7) is 2.13. The molecule has 5 nitrogen and oxygen atoms in total. The molecular formula is C28H30ClNO4. The van der Waals surface area contributed by atoms with E-state index in [1.807, 2.05) is 12.1 Å². The van der Waals surface area contributed by atoms with Crippen LogP contribution in [0.25, 0.3) is 0 Å². The van der Waals surface area contributed by atoms with E-state index in [0.29, 0.717) is 34.8 Å². The molecule has 34 heavy (non-hydrogen) atoms. The number of benzene rings is 2. The lowest BCUT2D eigenvalue weighted by Gasteiger charge is -2.44. The summed E-state index contributed by atoms with van der Waals surface area (Å²) in [6.07, 6.45) is 9.88. The summed E-state index contributed by atoms with van der Waals surface area (Å²) in [5.41, 5.74) is 3.71. The molecular weight excluding hydrogens is 450 g/mol. The summed E-state index contributed by atoms with van der Waals surface area (Å²) in [5.74, 6) is 1.04. The van der Waals surface area contributed by atoms with Gasteiger partial charge in [-0.25, -0.2) is 4.79 Å². The molecule has 1 heterocycles. The summed E-state index contributed by atoms with van der Waals surface area (Å²) in [5, 5.41) is 0.379. The maximum Gasteiger partial charge on any atom is 0.339 e. The Bertz CT molecular complexity index is 1130. The molecule has 6 heteroatoms. The standard InChI is InChI=1S/C28H30ClNO4/c1-33-27(32)22-12-13-24-26(25(22)29)30(16-21-11-10-19(21)8-5-15-31)17-28(18-34-24)14-4-7-20-6-2-3-9-23(20)28/h2-3,5-6,8-9,12-13,15,19,21H,4,7,10-11,14,16-18H2,1H3/b8-5+/t19-,21+,28+/m1/s1. The number of anilines is 1. The number of nitrogens with zero attached hydrogens (tertiary/aromatic N) is 1. The predicted octanol–water partition coefficient (Wildman–Crippen LogP) is 5.38. The van der Waals surface area contributed by atoms with Crippen LogP contribution >= 0.6 is 11.6 Å². The average Bonchev–Trinajstić information content (AvgIpc) is 3.00. The Labute approximate surface area is 205 Å². The quantitative estimate of drug-likeness (QED) is 0.327. The number of ether oxygens (including phenoxy) is 2. The Hall–Kier alpha value is -2.79. The van der Waals surface area contributed by atoms with Crippen molar-refractivity contribution >= 4 is 29.5 Å². The van der Waals surface area contributed by atoms with Crippen molar-refractivity contribution in [3.8, 4) is 5.75 Å². The molecule has 1 aliphatic heterocycles. The van der Waals surface area contributed by atoms with E-state index in [4.69, 9.17) is 21.1 Å². The Kier molecular flexibility index (Phi) is 6.39. The summed E-state index contributed by atoms with van der Waals surface area (Å²) in [6, 6.07) is 12.2. The van der Waals surface area contributed by atoms with Crippen LogP contribution in [0.4, 0.5) is 5.69 Å². The number of rotatable bonds is 5. The van der Waals surface area contributed by atoms with Crippen molar-refractivity contribution in [2.45, 2.75) is 37.5 Å². The molecule has 0 bridgehead atoms. The number of hydrogen-bond donors (Lipinski definition) is 0. The molecule has 2 aromatic rings. The lowest BCUT2D eigenvalue weighted by molar-refractivity contribution is -0.104. The van der Waals surface area contributed by atoms with Gasteiger partial charge in [-0.15, -0.1) is 0 Å². The number of allylic oxidation sites excluding steroid dienone is 2. The first kappa shape index (κ1) is 23.0. The van der Waals surface area contributed by atoms with Crippen LogP contribution in [0.3, 0.4) is 0 Å². The van der Waals surface area contributed by atoms with E-state index >= 15 is 0 Å². The highest BCUT2D eigenvalue weighted by Crippen LogP contribution is 2.48. The molecule has 5 rings (SSSR count). The van der Waals surface area contributed by atoms with E-state index in [1.54, 1.807) is 12.1 Å².